The molecular weight excluding hydrogens is 335 g/mol. The standard InChI is InChI=1S/C18H21BN2O5/c1-17(2)18(3,4)26-19(25-17)14-10-15(21(22)23)16(20-11-14)24-12-13-8-6-5-7-9-13/h5-11H,12H2,1-4H3. The van der Waals surface area contributed by atoms with Gasteiger partial charge in [-0.05, 0) is 33.3 Å². The van der Waals surface area contributed by atoms with E-state index in [0.717, 1.165) is 5.56 Å². The molecule has 2 aromatic rings. The summed E-state index contributed by atoms with van der Waals surface area (Å²) in [6.07, 6.45) is 1.50. The quantitative estimate of drug-likeness (QED) is 0.465. The number of hydrogen-bond donors (Lipinski definition) is 0. The van der Waals surface area contributed by atoms with Gasteiger partial charge in [-0.3, -0.25) is 10.1 Å². The van der Waals surface area contributed by atoms with Crippen LogP contribution in [0.5, 0.6) is 5.88 Å². The molecule has 2 heterocycles. The van der Waals surface area contributed by atoms with Crippen molar-refractivity contribution in [3.05, 3.63) is 58.3 Å². The van der Waals surface area contributed by atoms with Crippen LogP contribution >= 0.6 is 0 Å². The molecule has 0 saturated carbocycles. The van der Waals surface area contributed by atoms with E-state index in [-0.39, 0.29) is 18.2 Å². The highest BCUT2D eigenvalue weighted by molar-refractivity contribution is 6.62. The smallest absolute Gasteiger partial charge is 0.468 e. The number of aromatic nitrogens is 1. The molecule has 1 saturated heterocycles. The average Bonchev–Trinajstić information content (AvgIpc) is 2.81. The first kappa shape index (κ1) is 18.3. The predicted molar refractivity (Wildman–Crippen MR) is 97.4 cm³/mol. The monoisotopic (exact) mass is 356 g/mol. The Morgan fingerprint density at radius 2 is 1.77 bits per heavy atom. The van der Waals surface area contributed by atoms with Crippen molar-refractivity contribution in [1.82, 2.24) is 4.98 Å². The minimum Gasteiger partial charge on any atom is -0.468 e. The fraction of sp³-hybridized carbons (Fsp3) is 0.389. The van der Waals surface area contributed by atoms with Crippen LogP contribution in [0.4, 0.5) is 5.69 Å². The van der Waals surface area contributed by atoms with E-state index in [9.17, 15) is 10.1 Å². The van der Waals surface area contributed by atoms with Gasteiger partial charge < -0.3 is 14.0 Å². The largest absolute Gasteiger partial charge is 0.496 e. The van der Waals surface area contributed by atoms with Crippen LogP contribution in [0.25, 0.3) is 0 Å². The zero-order valence-electron chi connectivity index (χ0n) is 15.3. The fourth-order valence-electron chi connectivity index (χ4n) is 2.53. The number of nitro groups is 1. The molecule has 1 fully saturated rings. The van der Waals surface area contributed by atoms with Gasteiger partial charge >= 0.3 is 12.8 Å². The van der Waals surface area contributed by atoms with E-state index in [2.05, 4.69) is 4.98 Å². The molecule has 0 atom stereocenters. The molecule has 3 rings (SSSR count). The molecule has 0 radical (unpaired) electrons. The van der Waals surface area contributed by atoms with Gasteiger partial charge in [0.15, 0.2) is 0 Å². The summed E-state index contributed by atoms with van der Waals surface area (Å²) in [6.45, 7) is 7.89. The maximum absolute atomic E-state index is 11.5. The molecule has 136 valence electrons. The van der Waals surface area contributed by atoms with E-state index in [0.29, 0.717) is 5.46 Å². The first-order valence-electron chi connectivity index (χ1n) is 8.36. The van der Waals surface area contributed by atoms with E-state index < -0.39 is 23.2 Å². The van der Waals surface area contributed by atoms with Gasteiger partial charge in [-0.1, -0.05) is 30.3 Å². The topological polar surface area (TPSA) is 83.7 Å². The molecule has 0 amide bonds. The van der Waals surface area contributed by atoms with E-state index in [4.69, 9.17) is 14.0 Å². The van der Waals surface area contributed by atoms with Crippen LogP contribution in [0.15, 0.2) is 42.6 Å². The van der Waals surface area contributed by atoms with Gasteiger partial charge in [0.2, 0.25) is 0 Å². The third-order valence-electron chi connectivity index (χ3n) is 4.79. The average molecular weight is 356 g/mol. The predicted octanol–water partition coefficient (Wildman–Crippen LogP) is 2.87. The highest BCUT2D eigenvalue weighted by Gasteiger charge is 2.52. The summed E-state index contributed by atoms with van der Waals surface area (Å²) < 4.78 is 17.4. The summed E-state index contributed by atoms with van der Waals surface area (Å²) in [6, 6.07) is 10.8. The number of rotatable bonds is 5. The van der Waals surface area contributed by atoms with Crippen molar-refractivity contribution in [2.45, 2.75) is 45.5 Å². The maximum Gasteiger partial charge on any atom is 0.496 e. The van der Waals surface area contributed by atoms with Crippen molar-refractivity contribution in [2.75, 3.05) is 0 Å². The SMILES string of the molecule is CC1(C)OB(c2cnc(OCc3ccccc3)c([N+](=O)[O-])c2)OC1(C)C. The lowest BCUT2D eigenvalue weighted by molar-refractivity contribution is -0.386. The second-order valence-corrected chi connectivity index (χ2v) is 7.21. The van der Waals surface area contributed by atoms with Crippen LogP contribution in [0.2, 0.25) is 0 Å². The van der Waals surface area contributed by atoms with Gasteiger partial charge in [-0.2, -0.15) is 0 Å². The van der Waals surface area contributed by atoms with E-state index in [1.165, 1.54) is 12.3 Å². The molecule has 0 aliphatic carbocycles. The number of hydrogen-bond acceptors (Lipinski definition) is 6. The van der Waals surface area contributed by atoms with Crippen molar-refractivity contribution < 1.29 is 19.0 Å². The lowest BCUT2D eigenvalue weighted by Gasteiger charge is -2.32. The Morgan fingerprint density at radius 1 is 1.15 bits per heavy atom. The van der Waals surface area contributed by atoms with Crippen molar-refractivity contribution in [2.24, 2.45) is 0 Å². The lowest BCUT2D eigenvalue weighted by Crippen LogP contribution is -2.41. The zero-order chi connectivity index (χ0) is 18.9. The maximum atomic E-state index is 11.5. The molecule has 0 spiro atoms. The van der Waals surface area contributed by atoms with Crippen LogP contribution in [0.1, 0.15) is 33.3 Å². The van der Waals surface area contributed by atoms with Crippen LogP contribution in [-0.4, -0.2) is 28.2 Å². The van der Waals surface area contributed by atoms with E-state index >= 15 is 0 Å². The molecule has 7 nitrogen and oxygen atoms in total. The molecular formula is C18H21BN2O5. The Hall–Kier alpha value is -2.45. The van der Waals surface area contributed by atoms with Gasteiger partial charge in [0.1, 0.15) is 6.61 Å². The number of nitrogens with zero attached hydrogens (tertiary/aromatic N) is 2. The summed E-state index contributed by atoms with van der Waals surface area (Å²) in [5, 5.41) is 11.5. The second-order valence-electron chi connectivity index (χ2n) is 7.21. The first-order valence-corrected chi connectivity index (χ1v) is 8.36. The third-order valence-corrected chi connectivity index (χ3v) is 4.79. The molecule has 0 N–H and O–H groups in total. The van der Waals surface area contributed by atoms with Crippen LogP contribution in [-0.2, 0) is 15.9 Å². The van der Waals surface area contributed by atoms with Gasteiger partial charge in [0.05, 0.1) is 16.1 Å². The molecule has 26 heavy (non-hydrogen) atoms. The van der Waals surface area contributed by atoms with Gasteiger partial charge in [-0.15, -0.1) is 0 Å². The minimum absolute atomic E-state index is 0.0286. The first-order chi connectivity index (χ1) is 12.2. The molecule has 1 aliphatic rings. The van der Waals surface area contributed by atoms with E-state index in [1.54, 1.807) is 0 Å². The third kappa shape index (κ3) is 3.56. The molecule has 0 bridgehead atoms. The Kier molecular flexibility index (Phi) is 4.73. The number of ether oxygens (including phenoxy) is 1. The lowest BCUT2D eigenvalue weighted by atomic mass is 9.80. The molecule has 1 aliphatic heterocycles. The summed E-state index contributed by atoms with van der Waals surface area (Å²) in [4.78, 5) is 15.1. The van der Waals surface area contributed by atoms with E-state index in [1.807, 2.05) is 58.0 Å². The minimum atomic E-state index is -0.714. The van der Waals surface area contributed by atoms with Crippen LogP contribution < -0.4 is 10.2 Å². The zero-order valence-corrected chi connectivity index (χ0v) is 15.3. The van der Waals surface area contributed by atoms with Gasteiger partial charge in [0.25, 0.3) is 5.88 Å². The van der Waals surface area contributed by atoms with Crippen LogP contribution in [0, 0.1) is 10.1 Å². The Bertz CT molecular complexity index is 794. The summed E-state index contributed by atoms with van der Waals surface area (Å²) >= 11 is 0. The highest BCUT2D eigenvalue weighted by Crippen LogP contribution is 2.37. The molecule has 1 aromatic carbocycles. The summed E-state index contributed by atoms with van der Waals surface area (Å²) in [5.41, 5.74) is 0.110. The Labute approximate surface area is 152 Å². The Morgan fingerprint density at radius 3 is 2.35 bits per heavy atom. The van der Waals surface area contributed by atoms with Crippen molar-refractivity contribution >= 4 is 18.3 Å². The summed E-state index contributed by atoms with van der Waals surface area (Å²) in [5.74, 6) is -0.0286. The summed E-state index contributed by atoms with van der Waals surface area (Å²) in [7, 11) is -0.714. The number of benzene rings is 1. The Balaban J connectivity index is 1.82. The number of pyridine rings is 1. The second kappa shape index (κ2) is 6.70. The molecule has 8 heteroatoms. The fourth-order valence-corrected chi connectivity index (χ4v) is 2.53. The van der Waals surface area contributed by atoms with Crippen molar-refractivity contribution in [1.29, 1.82) is 0 Å². The molecule has 0 unspecified atom stereocenters. The molecule has 1 aromatic heterocycles. The van der Waals surface area contributed by atoms with Crippen molar-refractivity contribution in [3.63, 3.8) is 0 Å². The van der Waals surface area contributed by atoms with Gasteiger partial charge in [0, 0.05) is 17.7 Å². The van der Waals surface area contributed by atoms with Crippen LogP contribution in [0.3, 0.4) is 0 Å². The van der Waals surface area contributed by atoms with Crippen molar-refractivity contribution in [3.8, 4) is 5.88 Å². The normalized spacial score (nSPS) is 17.9. The highest BCUT2D eigenvalue weighted by atomic mass is 16.7. The van der Waals surface area contributed by atoms with Gasteiger partial charge in [-0.25, -0.2) is 4.98 Å².